The lowest BCUT2D eigenvalue weighted by Crippen LogP contribution is -1.89. The molecule has 0 aliphatic carbocycles. The fourth-order valence-corrected chi connectivity index (χ4v) is 1.51. The molecule has 2 rings (SSSR count). The maximum absolute atomic E-state index is 7.41. The molecule has 0 atom stereocenters. The second kappa shape index (κ2) is 2.71. The molecule has 0 fully saturated rings. The molecule has 2 heterocycles. The van der Waals surface area contributed by atoms with Crippen molar-refractivity contribution in [3.05, 3.63) is 22.6 Å². The zero-order valence-electron chi connectivity index (χ0n) is 8.08. The number of nitrogens with zero attached hydrogens (tertiary/aromatic N) is 4. The maximum atomic E-state index is 7.41. The lowest BCUT2D eigenvalue weighted by Gasteiger charge is -1.92. The molecule has 0 amide bonds. The van der Waals surface area contributed by atoms with Crippen LogP contribution in [0.1, 0.15) is 4.11 Å². The van der Waals surface area contributed by atoms with Crippen LogP contribution in [0.3, 0.4) is 0 Å². The third-order valence-electron chi connectivity index (χ3n) is 0.993. The summed E-state index contributed by atoms with van der Waals surface area (Å²) < 4.78 is 23.7. The van der Waals surface area contributed by atoms with E-state index in [1.54, 1.807) is 0 Å². The maximum Gasteiger partial charge on any atom is 0.206 e. The first-order valence-corrected chi connectivity index (χ1v) is 4.22. The van der Waals surface area contributed by atoms with Gasteiger partial charge in [0, 0.05) is 11.5 Å². The number of hydrogen-bond donors (Lipinski definition) is 0. The Bertz CT molecular complexity index is 442. The number of hydrogen-bond acceptors (Lipinski definition) is 4. The second-order valence-corrected chi connectivity index (χ2v) is 3.10. The summed E-state index contributed by atoms with van der Waals surface area (Å²) in [5.74, 6) is 0. The molecule has 6 heteroatoms. The Morgan fingerprint density at radius 1 is 1.73 bits per heavy atom. The van der Waals surface area contributed by atoms with E-state index in [1.807, 2.05) is 0 Å². The molecule has 0 aliphatic rings. The molecule has 0 radical (unpaired) electrons. The summed E-state index contributed by atoms with van der Waals surface area (Å²) in [6.45, 7) is 0. The van der Waals surface area contributed by atoms with Gasteiger partial charge < -0.3 is 0 Å². The van der Waals surface area contributed by atoms with E-state index in [2.05, 4.69) is 31.1 Å². The first-order chi connectivity index (χ1) is 6.59. The van der Waals surface area contributed by atoms with Crippen molar-refractivity contribution in [2.45, 2.75) is 0 Å². The van der Waals surface area contributed by atoms with Crippen LogP contribution in [0.15, 0.2) is 22.6 Å². The molecule has 0 saturated heterocycles. The van der Waals surface area contributed by atoms with Crippen LogP contribution in [0.2, 0.25) is 0 Å². The van der Waals surface area contributed by atoms with Crippen LogP contribution >= 0.6 is 27.3 Å². The summed E-state index contributed by atoms with van der Waals surface area (Å²) >= 11 is 4.10. The van der Waals surface area contributed by atoms with Crippen molar-refractivity contribution in [1.82, 2.24) is 19.7 Å². The Morgan fingerprint density at radius 3 is 3.18 bits per heavy atom. The minimum absolute atomic E-state index is 0.0556. The van der Waals surface area contributed by atoms with Crippen LogP contribution < -0.4 is 0 Å². The highest BCUT2D eigenvalue weighted by atomic mass is 79.9. The molecule has 0 saturated carbocycles. The minimum atomic E-state index is -0.106. The summed E-state index contributed by atoms with van der Waals surface area (Å²) in [6, 6.07) is 0. The smallest absolute Gasteiger partial charge is 0.206 e. The van der Waals surface area contributed by atoms with E-state index in [-0.39, 0.29) is 17.8 Å². The van der Waals surface area contributed by atoms with E-state index in [4.69, 9.17) is 4.11 Å². The van der Waals surface area contributed by atoms with Crippen molar-refractivity contribution >= 4 is 27.3 Å². The molecule has 4 nitrogen and oxygen atoms in total. The van der Waals surface area contributed by atoms with Crippen molar-refractivity contribution in [2.75, 3.05) is 0 Å². The molecule has 0 aromatic carbocycles. The van der Waals surface area contributed by atoms with Crippen LogP contribution in [-0.4, -0.2) is 19.7 Å². The van der Waals surface area contributed by atoms with E-state index < -0.39 is 0 Å². The van der Waals surface area contributed by atoms with E-state index in [0.717, 1.165) is 11.3 Å². The van der Waals surface area contributed by atoms with E-state index in [0.29, 0.717) is 9.87 Å². The highest BCUT2D eigenvalue weighted by Gasteiger charge is 2.03. The quantitative estimate of drug-likeness (QED) is 0.750. The average molecular weight is 234 g/mol. The third-order valence-corrected chi connectivity index (χ3v) is 2.16. The van der Waals surface area contributed by atoms with E-state index in [1.165, 1.54) is 4.57 Å². The Hall–Kier alpha value is -0.750. The molecule has 0 bridgehead atoms. The highest BCUT2D eigenvalue weighted by Crippen LogP contribution is 2.15. The number of halogens is 1. The van der Waals surface area contributed by atoms with Gasteiger partial charge in [-0.3, -0.25) is 4.57 Å². The van der Waals surface area contributed by atoms with Crippen molar-refractivity contribution in [3.63, 3.8) is 0 Å². The van der Waals surface area contributed by atoms with Gasteiger partial charge in [-0.2, -0.15) is 0 Å². The molecular weight excluding hydrogens is 228 g/mol. The second-order valence-electron chi connectivity index (χ2n) is 1.61. The van der Waals surface area contributed by atoms with Crippen LogP contribution in [0.25, 0.3) is 5.13 Å². The summed E-state index contributed by atoms with van der Waals surface area (Å²) in [6.07, 6.45) is -0.185. The summed E-state index contributed by atoms with van der Waals surface area (Å²) in [7, 11) is 0. The molecule has 2 aromatic rings. The normalized spacial score (nSPS) is 14.1. The minimum Gasteiger partial charge on any atom is -0.251 e. The number of aromatic nitrogens is 4. The lowest BCUT2D eigenvalue weighted by molar-refractivity contribution is 0.993. The van der Waals surface area contributed by atoms with Crippen LogP contribution in [-0.2, 0) is 0 Å². The molecule has 0 aliphatic heterocycles. The lowest BCUT2D eigenvalue weighted by atomic mass is 10.9. The summed E-state index contributed by atoms with van der Waals surface area (Å²) in [5, 5.41) is 7.53. The highest BCUT2D eigenvalue weighted by molar-refractivity contribution is 9.10. The van der Waals surface area contributed by atoms with Gasteiger partial charge in [0.05, 0.1) is 2.74 Å². The van der Waals surface area contributed by atoms with Gasteiger partial charge in [-0.25, -0.2) is 4.98 Å². The Balaban J connectivity index is 2.59. The van der Waals surface area contributed by atoms with Crippen molar-refractivity contribution in [3.8, 4) is 5.13 Å². The van der Waals surface area contributed by atoms with Crippen molar-refractivity contribution in [2.24, 2.45) is 0 Å². The Labute approximate surface area is 79.3 Å². The number of thiazole rings is 1. The SMILES string of the molecule is [2H]c1nc(-n2c([2H])nnc2Br)sc1[2H]. The van der Waals surface area contributed by atoms with Crippen LogP contribution in [0.5, 0.6) is 0 Å². The first-order valence-electron chi connectivity index (χ1n) is 4.11. The van der Waals surface area contributed by atoms with Gasteiger partial charge in [-0.15, -0.1) is 21.5 Å². The topological polar surface area (TPSA) is 43.6 Å². The largest absolute Gasteiger partial charge is 0.251 e. The third kappa shape index (κ3) is 1.19. The van der Waals surface area contributed by atoms with Crippen LogP contribution in [0.4, 0.5) is 0 Å². The fraction of sp³-hybridized carbons (Fsp3) is 0. The molecule has 11 heavy (non-hydrogen) atoms. The van der Waals surface area contributed by atoms with Crippen molar-refractivity contribution in [1.29, 1.82) is 0 Å². The Morgan fingerprint density at radius 2 is 2.64 bits per heavy atom. The summed E-state index contributed by atoms with van der Waals surface area (Å²) in [5.41, 5.74) is 0. The molecule has 0 spiro atoms. The standard InChI is InChI=1S/C5H3BrN4S/c6-4-9-8-3-10(4)5-7-1-2-11-5/h1-3H/i1D,2D,3D. The molecule has 56 valence electrons. The van der Waals surface area contributed by atoms with E-state index >= 15 is 0 Å². The molecular formula is C5H3BrN4S. The molecule has 0 N–H and O–H groups in total. The van der Waals surface area contributed by atoms with Crippen LogP contribution in [0, 0.1) is 0 Å². The zero-order valence-corrected chi connectivity index (χ0v) is 7.48. The fourth-order valence-electron chi connectivity index (χ4n) is 0.574. The Kier molecular flexibility index (Phi) is 1.06. The average Bonchev–Trinajstić information content (AvgIpc) is 2.59. The van der Waals surface area contributed by atoms with Gasteiger partial charge in [0.2, 0.25) is 4.73 Å². The van der Waals surface area contributed by atoms with Gasteiger partial charge in [-0.05, 0) is 15.9 Å². The molecule has 2 aromatic heterocycles. The van der Waals surface area contributed by atoms with Gasteiger partial charge in [-0.1, -0.05) is 0 Å². The van der Waals surface area contributed by atoms with Gasteiger partial charge in [0.1, 0.15) is 7.67 Å². The van der Waals surface area contributed by atoms with Gasteiger partial charge in [0.15, 0.2) is 5.13 Å². The molecule has 0 unspecified atom stereocenters. The number of rotatable bonds is 1. The predicted octanol–water partition coefficient (Wildman–Crippen LogP) is 1.49. The van der Waals surface area contributed by atoms with Gasteiger partial charge in [0.25, 0.3) is 0 Å². The monoisotopic (exact) mass is 233 g/mol. The predicted molar refractivity (Wildman–Crippen MR) is 44.7 cm³/mol. The summed E-state index contributed by atoms with van der Waals surface area (Å²) in [4.78, 5) is 3.80. The van der Waals surface area contributed by atoms with Crippen molar-refractivity contribution < 1.29 is 4.11 Å². The first kappa shape index (κ1) is 4.32. The zero-order chi connectivity index (χ0) is 10.3. The van der Waals surface area contributed by atoms with Gasteiger partial charge >= 0.3 is 0 Å². The van der Waals surface area contributed by atoms with E-state index in [9.17, 15) is 0 Å².